The molecule has 35 heavy (non-hydrogen) atoms. The first-order valence-electron chi connectivity index (χ1n) is 13.7. The van der Waals surface area contributed by atoms with Gasteiger partial charge in [-0.15, -0.1) is 0 Å². The predicted molar refractivity (Wildman–Crippen MR) is 146 cm³/mol. The number of esters is 1. The largest absolute Gasteiger partial charge is 0.493 e. The summed E-state index contributed by atoms with van der Waals surface area (Å²) in [7, 11) is 4.20. The zero-order chi connectivity index (χ0) is 25.4. The van der Waals surface area contributed by atoms with Crippen molar-refractivity contribution in [2.24, 2.45) is 0 Å². The maximum atomic E-state index is 12.8. The zero-order valence-corrected chi connectivity index (χ0v) is 22.6. The molecular formula is C31H48NO3+. The number of carbonyl (C=O) groups excluding carboxylic acids is 1. The van der Waals surface area contributed by atoms with Gasteiger partial charge in [0.15, 0.2) is 6.04 Å². The molecule has 0 aromatic heterocycles. The van der Waals surface area contributed by atoms with Crippen molar-refractivity contribution in [3.05, 3.63) is 65.7 Å². The molecule has 0 radical (unpaired) electrons. The van der Waals surface area contributed by atoms with E-state index in [9.17, 15) is 4.79 Å². The quantitative estimate of drug-likeness (QED) is 0.127. The van der Waals surface area contributed by atoms with Gasteiger partial charge in [-0.1, -0.05) is 94.8 Å². The lowest BCUT2D eigenvalue weighted by molar-refractivity contribution is -0.919. The summed E-state index contributed by atoms with van der Waals surface area (Å²) in [6, 6.07) is 18.6. The summed E-state index contributed by atoms with van der Waals surface area (Å²) < 4.78 is 12.2. The molecule has 2 aromatic rings. The normalized spacial score (nSPS) is 12.3. The molecule has 0 fully saturated rings. The van der Waals surface area contributed by atoms with E-state index >= 15 is 0 Å². The third kappa shape index (κ3) is 11.3. The van der Waals surface area contributed by atoms with Gasteiger partial charge in [-0.05, 0) is 30.5 Å². The van der Waals surface area contributed by atoms with Gasteiger partial charge in [0.25, 0.3) is 0 Å². The van der Waals surface area contributed by atoms with Gasteiger partial charge in [-0.3, -0.25) is 0 Å². The van der Waals surface area contributed by atoms with E-state index in [0.717, 1.165) is 25.1 Å². The lowest BCUT2D eigenvalue weighted by atomic mass is 10.0. The molecular weight excluding hydrogens is 434 g/mol. The van der Waals surface area contributed by atoms with Crippen LogP contribution in [0.25, 0.3) is 0 Å². The van der Waals surface area contributed by atoms with E-state index in [2.05, 4.69) is 58.3 Å². The summed E-state index contributed by atoms with van der Waals surface area (Å²) in [4.78, 5) is 12.8. The van der Waals surface area contributed by atoms with Crippen molar-refractivity contribution in [1.29, 1.82) is 0 Å². The Morgan fingerprint density at radius 2 is 1.49 bits per heavy atom. The number of benzene rings is 2. The second-order valence-corrected chi connectivity index (χ2v) is 10.2. The molecule has 0 heterocycles. The van der Waals surface area contributed by atoms with Crippen molar-refractivity contribution < 1.29 is 18.8 Å². The van der Waals surface area contributed by atoms with Crippen molar-refractivity contribution in [2.75, 3.05) is 27.3 Å². The van der Waals surface area contributed by atoms with Crippen LogP contribution in [0.15, 0.2) is 54.6 Å². The molecule has 0 N–H and O–H groups in total. The number of hydrogen-bond acceptors (Lipinski definition) is 3. The molecule has 0 amide bonds. The molecule has 0 bridgehead atoms. The highest BCUT2D eigenvalue weighted by Gasteiger charge is 2.34. The van der Waals surface area contributed by atoms with Gasteiger partial charge in [0.05, 0.1) is 27.3 Å². The average Bonchev–Trinajstić information content (AvgIpc) is 2.84. The van der Waals surface area contributed by atoms with Gasteiger partial charge in [-0.25, -0.2) is 4.79 Å². The van der Waals surface area contributed by atoms with Crippen LogP contribution in [0.3, 0.4) is 0 Å². The van der Waals surface area contributed by atoms with Crippen LogP contribution in [-0.4, -0.2) is 43.8 Å². The minimum absolute atomic E-state index is 0.120. The van der Waals surface area contributed by atoms with Crippen molar-refractivity contribution in [3.8, 4) is 5.75 Å². The van der Waals surface area contributed by atoms with E-state index < -0.39 is 0 Å². The van der Waals surface area contributed by atoms with Crippen LogP contribution in [0.5, 0.6) is 5.75 Å². The van der Waals surface area contributed by atoms with Crippen LogP contribution in [0.4, 0.5) is 0 Å². The first-order chi connectivity index (χ1) is 17.0. The molecule has 0 spiro atoms. The number of likely N-dealkylation sites (N-methyl/N-ethyl adjacent to an activating group) is 1. The number of carbonyl (C=O) groups is 1. The van der Waals surface area contributed by atoms with Crippen molar-refractivity contribution >= 4 is 5.97 Å². The maximum Gasteiger partial charge on any atom is 0.364 e. The SMILES string of the molecule is CCCCCCCCCc1cccc(OCCCOC(=O)C(CC)[N+](C)(C)Cc2ccccc2)c1. The Bertz CT molecular complexity index is 834. The molecule has 0 aliphatic rings. The van der Waals surface area contributed by atoms with Crippen molar-refractivity contribution in [1.82, 2.24) is 0 Å². The highest BCUT2D eigenvalue weighted by atomic mass is 16.5. The number of hydrogen-bond donors (Lipinski definition) is 0. The summed E-state index contributed by atoms with van der Waals surface area (Å²) in [5.41, 5.74) is 2.57. The number of aryl methyl sites for hydroxylation is 1. The Kier molecular flexibility index (Phi) is 13.5. The fourth-order valence-corrected chi connectivity index (χ4v) is 4.71. The Balaban J connectivity index is 1.67. The fraction of sp³-hybridized carbons (Fsp3) is 0.581. The number of nitrogens with zero attached hydrogens (tertiary/aromatic N) is 1. The average molecular weight is 483 g/mol. The molecule has 1 unspecified atom stereocenters. The smallest absolute Gasteiger partial charge is 0.364 e. The number of quaternary nitrogens is 1. The first-order valence-corrected chi connectivity index (χ1v) is 13.7. The standard InChI is InChI=1S/C31H48NO3/c1-5-7-8-9-10-11-13-18-27-21-16-22-29(25-27)34-23-17-24-35-31(33)30(6-2)32(3,4)26-28-19-14-12-15-20-28/h12,14-16,19-22,25,30H,5-11,13,17-18,23-24,26H2,1-4H3/q+1. The van der Waals surface area contributed by atoms with E-state index in [1.165, 1.54) is 56.1 Å². The lowest BCUT2D eigenvalue weighted by Gasteiger charge is -2.36. The highest BCUT2D eigenvalue weighted by Crippen LogP contribution is 2.19. The Labute approximate surface area is 214 Å². The van der Waals surface area contributed by atoms with E-state index in [0.29, 0.717) is 24.1 Å². The number of unbranched alkanes of at least 4 members (excludes halogenated alkanes) is 6. The second-order valence-electron chi connectivity index (χ2n) is 10.2. The summed E-state index contributed by atoms with van der Waals surface area (Å²) in [6.07, 6.45) is 11.8. The summed E-state index contributed by atoms with van der Waals surface area (Å²) >= 11 is 0. The molecule has 2 aromatic carbocycles. The molecule has 4 nitrogen and oxygen atoms in total. The molecule has 1 atom stereocenters. The van der Waals surface area contributed by atoms with Gasteiger partial charge >= 0.3 is 5.97 Å². The molecule has 194 valence electrons. The van der Waals surface area contributed by atoms with E-state index in [4.69, 9.17) is 9.47 Å². The Hall–Kier alpha value is -2.33. The van der Waals surface area contributed by atoms with Gasteiger partial charge in [0.2, 0.25) is 0 Å². The molecule has 4 heteroatoms. The zero-order valence-electron chi connectivity index (χ0n) is 22.6. The maximum absolute atomic E-state index is 12.8. The van der Waals surface area contributed by atoms with Gasteiger partial charge in [0.1, 0.15) is 12.3 Å². The van der Waals surface area contributed by atoms with Crippen LogP contribution >= 0.6 is 0 Å². The summed E-state index contributed by atoms with van der Waals surface area (Å²) in [5.74, 6) is 0.786. The summed E-state index contributed by atoms with van der Waals surface area (Å²) in [5, 5.41) is 0. The fourth-order valence-electron chi connectivity index (χ4n) is 4.71. The minimum Gasteiger partial charge on any atom is -0.493 e. The highest BCUT2D eigenvalue weighted by molar-refractivity contribution is 5.74. The minimum atomic E-state index is -0.181. The first kappa shape index (κ1) is 28.9. The van der Waals surface area contributed by atoms with Crippen LogP contribution in [0.1, 0.15) is 82.8 Å². The van der Waals surface area contributed by atoms with Gasteiger partial charge in [-0.2, -0.15) is 0 Å². The molecule has 0 aliphatic heterocycles. The van der Waals surface area contributed by atoms with Gasteiger partial charge < -0.3 is 14.0 Å². The lowest BCUT2D eigenvalue weighted by Crippen LogP contribution is -2.52. The molecule has 0 aliphatic carbocycles. The van der Waals surface area contributed by atoms with E-state index in [1.54, 1.807) is 0 Å². The number of rotatable bonds is 18. The van der Waals surface area contributed by atoms with Crippen LogP contribution in [0.2, 0.25) is 0 Å². The van der Waals surface area contributed by atoms with E-state index in [-0.39, 0.29) is 12.0 Å². The van der Waals surface area contributed by atoms with E-state index in [1.807, 2.05) is 24.3 Å². The van der Waals surface area contributed by atoms with Gasteiger partial charge in [0, 0.05) is 18.4 Å². The third-order valence-corrected chi connectivity index (χ3v) is 6.70. The molecule has 2 rings (SSSR count). The van der Waals surface area contributed by atoms with Crippen LogP contribution in [0, 0.1) is 0 Å². The third-order valence-electron chi connectivity index (χ3n) is 6.70. The Morgan fingerprint density at radius 3 is 2.20 bits per heavy atom. The van der Waals surface area contributed by atoms with Crippen molar-refractivity contribution in [3.63, 3.8) is 0 Å². The molecule has 0 saturated heterocycles. The monoisotopic (exact) mass is 482 g/mol. The van der Waals surface area contributed by atoms with Crippen molar-refractivity contribution in [2.45, 2.75) is 90.6 Å². The topological polar surface area (TPSA) is 35.5 Å². The van der Waals surface area contributed by atoms with Crippen LogP contribution < -0.4 is 4.74 Å². The van der Waals surface area contributed by atoms with Crippen LogP contribution in [-0.2, 0) is 22.5 Å². The predicted octanol–water partition coefficient (Wildman–Crippen LogP) is 7.35. The Morgan fingerprint density at radius 1 is 0.800 bits per heavy atom. The summed E-state index contributed by atoms with van der Waals surface area (Å²) in [6.45, 7) is 6.05. The molecule has 0 saturated carbocycles. The second kappa shape index (κ2) is 16.4. The number of ether oxygens (including phenoxy) is 2.